The molecular weight excluding hydrogens is 548 g/mol. The second-order valence-electron chi connectivity index (χ2n) is 11.4. The number of carboxylic acids is 2. The minimum absolute atomic E-state index is 0.00172. The smallest absolute Gasteiger partial charge is 0.303 e. The van der Waals surface area contributed by atoms with Crippen LogP contribution in [0.25, 0.3) is 0 Å². The van der Waals surface area contributed by atoms with Crippen LogP contribution in [0.2, 0.25) is 0 Å². The van der Waals surface area contributed by atoms with E-state index in [2.05, 4.69) is 64.1 Å². The van der Waals surface area contributed by atoms with Crippen LogP contribution in [-0.2, 0) is 19.2 Å². The van der Waals surface area contributed by atoms with Crippen LogP contribution in [0.15, 0.2) is 89.6 Å². The standard InChI is InChI=1S/C33H40N4O6/c1-23-11-14-36-22-37-15-12-24(17-29(37)28(36)16-23)6-5-13-34-30(38)18-25(20-32(40)41)9-10-26(21-33(42)43)19-31(39)35-27-7-3-2-4-8-27/h2-4,7-8,11-12,14-17,25-26H,5-6,9-10,13,18-22H2,1H3,(H,34,38)(H,35,39)(H,40,41)(H,42,43). The van der Waals surface area contributed by atoms with E-state index in [1.54, 1.807) is 24.3 Å². The Kier molecular flexibility index (Phi) is 11.0. The molecule has 1 aromatic rings. The van der Waals surface area contributed by atoms with Crippen molar-refractivity contribution in [2.75, 3.05) is 18.5 Å². The van der Waals surface area contributed by atoms with E-state index in [0.717, 1.165) is 19.5 Å². The third-order valence-electron chi connectivity index (χ3n) is 7.74. The van der Waals surface area contributed by atoms with Crippen molar-refractivity contribution in [1.82, 2.24) is 15.1 Å². The van der Waals surface area contributed by atoms with Crippen molar-refractivity contribution >= 4 is 29.4 Å². The van der Waals surface area contributed by atoms with Gasteiger partial charge in [-0.2, -0.15) is 0 Å². The van der Waals surface area contributed by atoms with Crippen LogP contribution in [0, 0.1) is 11.8 Å². The minimum Gasteiger partial charge on any atom is -0.481 e. The van der Waals surface area contributed by atoms with E-state index < -0.39 is 23.8 Å². The summed E-state index contributed by atoms with van der Waals surface area (Å²) in [5.41, 5.74) is 5.36. The van der Waals surface area contributed by atoms with E-state index in [-0.39, 0.29) is 37.5 Å². The molecule has 4 N–H and O–H groups in total. The van der Waals surface area contributed by atoms with Gasteiger partial charge in [0, 0.05) is 50.3 Å². The molecule has 2 unspecified atom stereocenters. The third kappa shape index (κ3) is 9.73. The molecule has 0 bridgehead atoms. The normalized spacial score (nSPS) is 16.6. The Labute approximate surface area is 252 Å². The molecule has 2 amide bonds. The van der Waals surface area contributed by atoms with Gasteiger partial charge < -0.3 is 30.6 Å². The number of hydrogen-bond acceptors (Lipinski definition) is 6. The molecule has 1 aromatic carbocycles. The number of carbonyl (C=O) groups excluding carboxylic acids is 2. The number of para-hydroxylation sites is 1. The van der Waals surface area contributed by atoms with Gasteiger partial charge in [-0.05, 0) is 92.0 Å². The number of carbonyl (C=O) groups is 4. The molecular formula is C33H40N4O6. The number of fused-ring (bicyclic) bond motifs is 2. The van der Waals surface area contributed by atoms with Gasteiger partial charge in [-0.25, -0.2) is 0 Å². The zero-order chi connectivity index (χ0) is 30.8. The average Bonchev–Trinajstić information content (AvgIpc) is 3.31. The maximum atomic E-state index is 12.7. The Morgan fingerprint density at radius 1 is 0.814 bits per heavy atom. The van der Waals surface area contributed by atoms with Crippen molar-refractivity contribution in [3.05, 3.63) is 89.6 Å². The van der Waals surface area contributed by atoms with E-state index >= 15 is 0 Å². The molecule has 0 aliphatic carbocycles. The van der Waals surface area contributed by atoms with Gasteiger partial charge in [-0.3, -0.25) is 19.2 Å². The lowest BCUT2D eigenvalue weighted by molar-refractivity contribution is -0.140. The number of nitrogens with one attached hydrogen (secondary N) is 2. The summed E-state index contributed by atoms with van der Waals surface area (Å²) < 4.78 is 0. The van der Waals surface area contributed by atoms with E-state index in [0.29, 0.717) is 25.1 Å². The molecule has 0 saturated carbocycles. The van der Waals surface area contributed by atoms with Gasteiger partial charge >= 0.3 is 11.9 Å². The Morgan fingerprint density at radius 3 is 2.07 bits per heavy atom. The number of benzene rings is 1. The van der Waals surface area contributed by atoms with Crippen LogP contribution in [0.1, 0.15) is 58.3 Å². The van der Waals surface area contributed by atoms with Crippen molar-refractivity contribution in [3.63, 3.8) is 0 Å². The molecule has 43 heavy (non-hydrogen) atoms. The molecule has 0 fully saturated rings. The van der Waals surface area contributed by atoms with Crippen molar-refractivity contribution in [3.8, 4) is 0 Å². The first-order valence-electron chi connectivity index (χ1n) is 14.7. The molecule has 0 radical (unpaired) electrons. The van der Waals surface area contributed by atoms with E-state index in [1.165, 1.54) is 22.5 Å². The largest absolute Gasteiger partial charge is 0.481 e. The summed E-state index contributed by atoms with van der Waals surface area (Å²) in [5, 5.41) is 24.4. The molecule has 10 nitrogen and oxygen atoms in total. The molecule has 4 rings (SSSR count). The monoisotopic (exact) mass is 588 g/mol. The maximum Gasteiger partial charge on any atom is 0.303 e. The number of nitrogens with zero attached hydrogens (tertiary/aromatic N) is 2. The summed E-state index contributed by atoms with van der Waals surface area (Å²) >= 11 is 0. The summed E-state index contributed by atoms with van der Waals surface area (Å²) in [7, 11) is 0. The fraction of sp³-hybridized carbons (Fsp3) is 0.394. The topological polar surface area (TPSA) is 139 Å². The number of anilines is 1. The zero-order valence-electron chi connectivity index (χ0n) is 24.5. The molecule has 228 valence electrons. The molecule has 3 aliphatic heterocycles. The predicted octanol–water partition coefficient (Wildman–Crippen LogP) is 4.98. The lowest BCUT2D eigenvalue weighted by Gasteiger charge is -2.21. The van der Waals surface area contributed by atoms with Crippen molar-refractivity contribution in [2.45, 2.75) is 58.3 Å². The summed E-state index contributed by atoms with van der Waals surface area (Å²) in [4.78, 5) is 52.6. The van der Waals surface area contributed by atoms with E-state index in [4.69, 9.17) is 0 Å². The van der Waals surface area contributed by atoms with Crippen LogP contribution in [0.4, 0.5) is 5.69 Å². The zero-order valence-corrected chi connectivity index (χ0v) is 24.5. The van der Waals surface area contributed by atoms with Crippen LogP contribution in [0.3, 0.4) is 0 Å². The molecule has 3 heterocycles. The first-order chi connectivity index (χ1) is 20.7. The maximum absolute atomic E-state index is 12.7. The molecule has 10 heteroatoms. The highest BCUT2D eigenvalue weighted by Gasteiger charge is 2.27. The van der Waals surface area contributed by atoms with Crippen LogP contribution in [-0.4, -0.2) is 57.0 Å². The first kappa shape index (κ1) is 31.3. The van der Waals surface area contributed by atoms with Crippen molar-refractivity contribution in [2.24, 2.45) is 11.8 Å². The van der Waals surface area contributed by atoms with Crippen LogP contribution < -0.4 is 10.6 Å². The Hall–Kier alpha value is -4.60. The summed E-state index contributed by atoms with van der Waals surface area (Å²) in [5.74, 6) is -3.50. The minimum atomic E-state index is -1.02. The van der Waals surface area contributed by atoms with Crippen LogP contribution in [0.5, 0.6) is 0 Å². The van der Waals surface area contributed by atoms with Gasteiger partial charge in [-0.1, -0.05) is 18.2 Å². The summed E-state index contributed by atoms with van der Waals surface area (Å²) in [6.07, 6.45) is 14.6. The van der Waals surface area contributed by atoms with Gasteiger partial charge in [0.2, 0.25) is 11.8 Å². The quantitative estimate of drug-likeness (QED) is 0.198. The van der Waals surface area contributed by atoms with Crippen molar-refractivity contribution in [1.29, 1.82) is 0 Å². The van der Waals surface area contributed by atoms with Crippen LogP contribution >= 0.6 is 0 Å². The SMILES string of the molecule is CC1=CC2=C3C=C(CCCNC(=O)CC(CCC(CC(=O)O)CC(=O)Nc4ccccc4)CC(=O)O)C=CN3CN2C=C1. The molecule has 0 saturated heterocycles. The Bertz CT molecular complexity index is 1360. The number of allylic oxidation sites excluding steroid dienone is 6. The number of carboxylic acid groups (broad SMARTS) is 2. The lowest BCUT2D eigenvalue weighted by Crippen LogP contribution is -2.28. The predicted molar refractivity (Wildman–Crippen MR) is 163 cm³/mol. The third-order valence-corrected chi connectivity index (χ3v) is 7.74. The first-order valence-corrected chi connectivity index (χ1v) is 14.7. The molecule has 0 aromatic heterocycles. The highest BCUT2D eigenvalue weighted by molar-refractivity contribution is 5.91. The van der Waals surface area contributed by atoms with Gasteiger partial charge in [-0.15, -0.1) is 0 Å². The van der Waals surface area contributed by atoms with Gasteiger partial charge in [0.15, 0.2) is 0 Å². The Balaban J connectivity index is 1.23. The summed E-state index contributed by atoms with van der Waals surface area (Å²) in [6, 6.07) is 8.90. The van der Waals surface area contributed by atoms with Gasteiger partial charge in [0.25, 0.3) is 0 Å². The second kappa shape index (κ2) is 15.0. The van der Waals surface area contributed by atoms with E-state index in [1.807, 2.05) is 6.07 Å². The number of amides is 2. The second-order valence-corrected chi connectivity index (χ2v) is 11.4. The highest BCUT2D eigenvalue weighted by atomic mass is 16.4. The molecule has 2 atom stereocenters. The fourth-order valence-corrected chi connectivity index (χ4v) is 5.58. The number of aliphatic carboxylic acids is 2. The van der Waals surface area contributed by atoms with Gasteiger partial charge in [0.05, 0.1) is 18.1 Å². The average molecular weight is 589 g/mol. The number of hydrogen-bond donors (Lipinski definition) is 4. The molecule has 3 aliphatic rings. The van der Waals surface area contributed by atoms with Crippen molar-refractivity contribution < 1.29 is 29.4 Å². The number of rotatable bonds is 16. The van der Waals surface area contributed by atoms with Gasteiger partial charge in [0.1, 0.15) is 0 Å². The fourth-order valence-electron chi connectivity index (χ4n) is 5.58. The van der Waals surface area contributed by atoms with E-state index in [9.17, 15) is 29.4 Å². The summed E-state index contributed by atoms with van der Waals surface area (Å²) in [6.45, 7) is 3.34. The highest BCUT2D eigenvalue weighted by Crippen LogP contribution is 2.33. The lowest BCUT2D eigenvalue weighted by atomic mass is 9.87. The molecule has 0 spiro atoms. The Morgan fingerprint density at radius 2 is 1.42 bits per heavy atom.